The van der Waals surface area contributed by atoms with Gasteiger partial charge in [-0.2, -0.15) is 0 Å². The zero-order valence-corrected chi connectivity index (χ0v) is 21.6. The molecular weight excluding hydrogens is 386 g/mol. The maximum atomic E-state index is 13.8. The molecule has 5 heteroatoms. The van der Waals surface area contributed by atoms with E-state index in [1.54, 1.807) is 0 Å². The van der Waals surface area contributed by atoms with E-state index in [1.165, 1.54) is 6.42 Å². The van der Waals surface area contributed by atoms with Gasteiger partial charge >= 0.3 is 0 Å². The molecule has 0 aromatic rings. The molecule has 0 aromatic heterocycles. The van der Waals surface area contributed by atoms with Crippen LogP contribution in [0.25, 0.3) is 0 Å². The van der Waals surface area contributed by atoms with Crippen molar-refractivity contribution in [3.8, 4) is 0 Å². The van der Waals surface area contributed by atoms with Crippen molar-refractivity contribution in [2.75, 3.05) is 26.2 Å². The van der Waals surface area contributed by atoms with Crippen LogP contribution in [0.1, 0.15) is 87.5 Å². The van der Waals surface area contributed by atoms with Gasteiger partial charge in [-0.05, 0) is 62.3 Å². The minimum Gasteiger partial charge on any atom is -0.339 e. The molecule has 0 unspecified atom stereocenters. The number of carbonyl (C=O) groups is 2. The number of piperazine rings is 2. The van der Waals surface area contributed by atoms with Crippen LogP contribution in [0.15, 0.2) is 0 Å². The summed E-state index contributed by atoms with van der Waals surface area (Å²) in [6.07, 6.45) is 5.00. The molecule has 31 heavy (non-hydrogen) atoms. The second-order valence-electron chi connectivity index (χ2n) is 11.7. The molecule has 0 N–H and O–H groups in total. The van der Waals surface area contributed by atoms with Gasteiger partial charge in [0.1, 0.15) is 6.04 Å². The predicted octanol–water partition coefficient (Wildman–Crippen LogP) is 4.65. The van der Waals surface area contributed by atoms with Crippen molar-refractivity contribution in [3.05, 3.63) is 0 Å². The van der Waals surface area contributed by atoms with Crippen molar-refractivity contribution < 1.29 is 9.59 Å². The minimum atomic E-state index is -0.286. The van der Waals surface area contributed by atoms with Gasteiger partial charge in [-0.1, -0.05) is 55.4 Å². The zero-order valence-electron chi connectivity index (χ0n) is 21.6. The van der Waals surface area contributed by atoms with Crippen LogP contribution < -0.4 is 0 Å². The Morgan fingerprint density at radius 1 is 0.710 bits per heavy atom. The summed E-state index contributed by atoms with van der Waals surface area (Å²) >= 11 is 0. The number of nitrogens with zero attached hydrogens (tertiary/aromatic N) is 3. The van der Waals surface area contributed by atoms with Gasteiger partial charge in [0, 0.05) is 19.6 Å². The molecule has 0 spiro atoms. The summed E-state index contributed by atoms with van der Waals surface area (Å²) < 4.78 is 0. The molecule has 2 amide bonds. The topological polar surface area (TPSA) is 43.9 Å². The number of hydrogen-bond acceptors (Lipinski definition) is 3. The van der Waals surface area contributed by atoms with Crippen LogP contribution in [-0.4, -0.2) is 70.8 Å². The van der Waals surface area contributed by atoms with E-state index in [1.807, 2.05) is 4.90 Å². The number of rotatable bonds is 11. The van der Waals surface area contributed by atoms with Gasteiger partial charge < -0.3 is 9.80 Å². The van der Waals surface area contributed by atoms with Crippen LogP contribution in [-0.2, 0) is 9.59 Å². The molecule has 0 saturated carbocycles. The molecule has 2 aliphatic rings. The summed E-state index contributed by atoms with van der Waals surface area (Å²) in [6.45, 7) is 21.1. The molecule has 2 heterocycles. The molecule has 3 atom stereocenters. The lowest BCUT2D eigenvalue weighted by atomic mass is 9.89. The number of carbonyl (C=O) groups excluding carboxylic acids is 2. The van der Waals surface area contributed by atoms with Crippen molar-refractivity contribution in [1.29, 1.82) is 0 Å². The quantitative estimate of drug-likeness (QED) is 0.474. The van der Waals surface area contributed by atoms with Crippen molar-refractivity contribution in [3.63, 3.8) is 0 Å². The Hall–Kier alpha value is -1.10. The van der Waals surface area contributed by atoms with E-state index in [9.17, 15) is 9.59 Å². The Morgan fingerprint density at radius 3 is 1.84 bits per heavy atom. The second kappa shape index (κ2) is 11.7. The van der Waals surface area contributed by atoms with E-state index in [4.69, 9.17) is 0 Å². The smallest absolute Gasteiger partial charge is 0.245 e. The fraction of sp³-hybridized carbons (Fsp3) is 0.923. The molecule has 2 saturated heterocycles. The summed E-state index contributed by atoms with van der Waals surface area (Å²) in [5.41, 5.74) is 0. The highest BCUT2D eigenvalue weighted by Crippen LogP contribution is 2.31. The molecule has 5 nitrogen and oxygen atoms in total. The lowest BCUT2D eigenvalue weighted by molar-refractivity contribution is -0.168. The third-order valence-corrected chi connectivity index (χ3v) is 6.78. The highest BCUT2D eigenvalue weighted by atomic mass is 16.2. The van der Waals surface area contributed by atoms with Gasteiger partial charge in [0.05, 0.1) is 12.1 Å². The third-order valence-electron chi connectivity index (χ3n) is 6.78. The largest absolute Gasteiger partial charge is 0.339 e. The average Bonchev–Trinajstić information content (AvgIpc) is 2.64. The lowest BCUT2D eigenvalue weighted by Crippen LogP contribution is -2.72. The molecule has 2 fully saturated rings. The average molecular weight is 436 g/mol. The van der Waals surface area contributed by atoms with Crippen LogP contribution in [0.3, 0.4) is 0 Å². The highest BCUT2D eigenvalue weighted by molar-refractivity contribution is 5.92. The maximum absolute atomic E-state index is 13.8. The number of hydrogen-bond donors (Lipinski definition) is 0. The first-order valence-electron chi connectivity index (χ1n) is 12.9. The van der Waals surface area contributed by atoms with Crippen LogP contribution in [0.4, 0.5) is 0 Å². The molecule has 0 radical (unpaired) electrons. The molecule has 2 aliphatic heterocycles. The number of amides is 2. The standard InChI is InChI=1S/C26H49N3O2/c1-18(2)10-9-12-27-16-22-17-28(13-11-19(3)4)25(30)24(15-21(7)8)29(22)26(31)23(27)14-20(5)6/h18-24H,9-17H2,1-8H3/t22-,23-,24-/m0/s1. The molecule has 0 aliphatic carbocycles. The molecule has 180 valence electrons. The molecule has 0 aromatic carbocycles. The first-order chi connectivity index (χ1) is 14.5. The van der Waals surface area contributed by atoms with E-state index >= 15 is 0 Å². The fourth-order valence-electron chi connectivity index (χ4n) is 5.14. The van der Waals surface area contributed by atoms with Crippen molar-refractivity contribution in [1.82, 2.24) is 14.7 Å². The SMILES string of the molecule is CC(C)CCCN1C[C@H]2CN(CCC(C)C)C(=O)[C@H](CC(C)C)N2C(=O)[C@@H]1CC(C)C. The normalized spacial score (nSPS) is 25.5. The van der Waals surface area contributed by atoms with Crippen LogP contribution in [0.2, 0.25) is 0 Å². The Morgan fingerprint density at radius 2 is 1.29 bits per heavy atom. The molecular formula is C26H49N3O2. The molecule has 0 bridgehead atoms. The van der Waals surface area contributed by atoms with Gasteiger partial charge in [0.15, 0.2) is 0 Å². The highest BCUT2D eigenvalue weighted by Gasteiger charge is 2.49. The zero-order chi connectivity index (χ0) is 23.3. The first-order valence-corrected chi connectivity index (χ1v) is 12.9. The van der Waals surface area contributed by atoms with Gasteiger partial charge in [0.2, 0.25) is 11.8 Å². The van der Waals surface area contributed by atoms with Crippen LogP contribution in [0.5, 0.6) is 0 Å². The molecule has 2 rings (SSSR count). The van der Waals surface area contributed by atoms with Gasteiger partial charge in [0.25, 0.3) is 0 Å². The second-order valence-corrected chi connectivity index (χ2v) is 11.7. The van der Waals surface area contributed by atoms with Crippen molar-refractivity contribution >= 4 is 11.8 Å². The van der Waals surface area contributed by atoms with Crippen molar-refractivity contribution in [2.45, 2.75) is 106 Å². The Labute approximate surface area is 191 Å². The monoisotopic (exact) mass is 435 g/mol. The first kappa shape index (κ1) is 26.2. The van der Waals surface area contributed by atoms with E-state index in [0.717, 1.165) is 45.3 Å². The van der Waals surface area contributed by atoms with E-state index < -0.39 is 0 Å². The van der Waals surface area contributed by atoms with Gasteiger partial charge in [-0.25, -0.2) is 0 Å². The van der Waals surface area contributed by atoms with Crippen LogP contribution in [0, 0.1) is 23.7 Å². The van der Waals surface area contributed by atoms with E-state index in [0.29, 0.717) is 30.2 Å². The van der Waals surface area contributed by atoms with Crippen LogP contribution >= 0.6 is 0 Å². The Balaban J connectivity index is 2.27. The Bertz CT molecular complexity index is 587. The fourth-order valence-corrected chi connectivity index (χ4v) is 5.14. The lowest BCUT2D eigenvalue weighted by Gasteiger charge is -2.53. The summed E-state index contributed by atoms with van der Waals surface area (Å²) in [6, 6.07) is -0.234. The summed E-state index contributed by atoms with van der Waals surface area (Å²) in [5, 5.41) is 0. The Kier molecular flexibility index (Phi) is 9.85. The van der Waals surface area contributed by atoms with Crippen molar-refractivity contribution in [2.24, 2.45) is 23.7 Å². The van der Waals surface area contributed by atoms with Gasteiger partial charge in [-0.15, -0.1) is 0 Å². The summed E-state index contributed by atoms with van der Waals surface area (Å²) in [5.74, 6) is 2.50. The van der Waals surface area contributed by atoms with E-state index in [2.05, 4.69) is 65.2 Å². The van der Waals surface area contributed by atoms with E-state index in [-0.39, 0.29) is 29.9 Å². The summed E-state index contributed by atoms with van der Waals surface area (Å²) in [7, 11) is 0. The predicted molar refractivity (Wildman–Crippen MR) is 129 cm³/mol. The minimum absolute atomic E-state index is 0.0758. The third kappa shape index (κ3) is 7.20. The van der Waals surface area contributed by atoms with Gasteiger partial charge in [-0.3, -0.25) is 14.5 Å². The summed E-state index contributed by atoms with van der Waals surface area (Å²) in [4.78, 5) is 33.8. The maximum Gasteiger partial charge on any atom is 0.245 e. The number of fused-ring (bicyclic) bond motifs is 1.